The SMILES string of the molecule is OCCN1CC(O)[C@@H](O)[C@H](O)C1CO. The molecule has 0 bridgehead atoms. The van der Waals surface area contributed by atoms with Crippen LogP contribution in [0.2, 0.25) is 0 Å². The third-order valence-corrected chi connectivity index (χ3v) is 2.60. The third-order valence-electron chi connectivity index (χ3n) is 2.60. The quantitative estimate of drug-likeness (QED) is 0.333. The van der Waals surface area contributed by atoms with E-state index in [1.165, 1.54) is 0 Å². The zero-order chi connectivity index (χ0) is 10.7. The standard InChI is InChI=1S/C8H17NO5/c10-2-1-9-3-6(12)8(14)7(13)5(9)4-11/h5-8,10-14H,1-4H2/t5?,6?,7-,8-/m1/s1. The number of hydrogen-bond donors (Lipinski definition) is 5. The van der Waals surface area contributed by atoms with E-state index in [0.29, 0.717) is 0 Å². The molecular formula is C8H17NO5. The van der Waals surface area contributed by atoms with E-state index < -0.39 is 24.4 Å². The Kier molecular flexibility index (Phi) is 4.24. The fourth-order valence-electron chi connectivity index (χ4n) is 1.76. The van der Waals surface area contributed by atoms with Crippen LogP contribution in [0.15, 0.2) is 0 Å². The fraction of sp³-hybridized carbons (Fsp3) is 1.00. The van der Waals surface area contributed by atoms with Gasteiger partial charge in [0.2, 0.25) is 0 Å². The normalized spacial score (nSPS) is 40.1. The second-order valence-corrected chi connectivity index (χ2v) is 3.52. The third kappa shape index (κ3) is 2.22. The second-order valence-electron chi connectivity index (χ2n) is 3.52. The largest absolute Gasteiger partial charge is 0.395 e. The first-order chi connectivity index (χ1) is 6.61. The molecule has 1 aliphatic rings. The van der Waals surface area contributed by atoms with Gasteiger partial charge in [-0.15, -0.1) is 0 Å². The van der Waals surface area contributed by atoms with Crippen molar-refractivity contribution in [2.75, 3.05) is 26.3 Å². The first-order valence-electron chi connectivity index (χ1n) is 4.61. The lowest BCUT2D eigenvalue weighted by molar-refractivity contribution is -0.146. The highest BCUT2D eigenvalue weighted by Gasteiger charge is 2.40. The maximum atomic E-state index is 9.51. The number of rotatable bonds is 3. The lowest BCUT2D eigenvalue weighted by Crippen LogP contribution is -2.62. The molecule has 0 aromatic carbocycles. The molecule has 1 aliphatic heterocycles. The maximum absolute atomic E-state index is 9.51. The van der Waals surface area contributed by atoms with E-state index in [2.05, 4.69) is 0 Å². The van der Waals surface area contributed by atoms with Crippen molar-refractivity contribution < 1.29 is 25.5 Å². The van der Waals surface area contributed by atoms with Crippen LogP contribution < -0.4 is 0 Å². The molecule has 1 fully saturated rings. The van der Waals surface area contributed by atoms with Gasteiger partial charge < -0.3 is 25.5 Å². The van der Waals surface area contributed by atoms with Crippen LogP contribution in [-0.4, -0.2) is 81.1 Å². The Bertz CT molecular complexity index is 179. The summed E-state index contributed by atoms with van der Waals surface area (Å²) in [6.07, 6.45) is -3.46. The molecule has 0 aliphatic carbocycles. The number of hydrogen-bond acceptors (Lipinski definition) is 6. The van der Waals surface area contributed by atoms with Gasteiger partial charge in [0.25, 0.3) is 0 Å². The van der Waals surface area contributed by atoms with Crippen molar-refractivity contribution in [1.82, 2.24) is 4.90 Å². The summed E-state index contributed by atoms with van der Waals surface area (Å²) in [7, 11) is 0. The number of piperidine rings is 1. The molecule has 1 saturated heterocycles. The molecule has 5 N–H and O–H groups in total. The second kappa shape index (κ2) is 5.01. The van der Waals surface area contributed by atoms with Crippen LogP contribution in [0.5, 0.6) is 0 Å². The van der Waals surface area contributed by atoms with E-state index in [1.807, 2.05) is 0 Å². The van der Waals surface area contributed by atoms with Crippen LogP contribution >= 0.6 is 0 Å². The van der Waals surface area contributed by atoms with Crippen LogP contribution in [0, 0.1) is 0 Å². The minimum atomic E-state index is -1.23. The monoisotopic (exact) mass is 207 g/mol. The Morgan fingerprint density at radius 1 is 1.07 bits per heavy atom. The van der Waals surface area contributed by atoms with Crippen molar-refractivity contribution in [3.05, 3.63) is 0 Å². The summed E-state index contributed by atoms with van der Waals surface area (Å²) >= 11 is 0. The van der Waals surface area contributed by atoms with E-state index in [1.54, 1.807) is 4.90 Å². The highest BCUT2D eigenvalue weighted by molar-refractivity contribution is 4.93. The summed E-state index contributed by atoms with van der Waals surface area (Å²) in [5.41, 5.74) is 0. The van der Waals surface area contributed by atoms with Gasteiger partial charge in [-0.1, -0.05) is 0 Å². The van der Waals surface area contributed by atoms with Crippen LogP contribution in [0.25, 0.3) is 0 Å². The maximum Gasteiger partial charge on any atom is 0.109 e. The summed E-state index contributed by atoms with van der Waals surface area (Å²) < 4.78 is 0. The zero-order valence-corrected chi connectivity index (χ0v) is 7.82. The summed E-state index contributed by atoms with van der Waals surface area (Å²) in [4.78, 5) is 1.56. The molecule has 14 heavy (non-hydrogen) atoms. The predicted octanol–water partition coefficient (Wildman–Crippen LogP) is -3.26. The average Bonchev–Trinajstić information content (AvgIpc) is 2.16. The van der Waals surface area contributed by atoms with Gasteiger partial charge >= 0.3 is 0 Å². The number of nitrogens with zero attached hydrogens (tertiary/aromatic N) is 1. The fourth-order valence-corrected chi connectivity index (χ4v) is 1.76. The van der Waals surface area contributed by atoms with E-state index in [-0.39, 0.29) is 26.3 Å². The molecule has 2 unspecified atom stereocenters. The van der Waals surface area contributed by atoms with Crippen LogP contribution in [0.4, 0.5) is 0 Å². The summed E-state index contributed by atoms with van der Waals surface area (Å²) in [5.74, 6) is 0. The Hall–Kier alpha value is -0.240. The lowest BCUT2D eigenvalue weighted by atomic mass is 9.94. The average molecular weight is 207 g/mol. The van der Waals surface area contributed by atoms with Gasteiger partial charge in [0.05, 0.1) is 25.4 Å². The predicted molar refractivity (Wildman–Crippen MR) is 47.6 cm³/mol. The number of aliphatic hydroxyl groups excluding tert-OH is 5. The molecule has 84 valence electrons. The van der Waals surface area contributed by atoms with Crippen molar-refractivity contribution in [2.24, 2.45) is 0 Å². The summed E-state index contributed by atoms with van der Waals surface area (Å²) in [6.45, 7) is -0.0347. The molecule has 0 radical (unpaired) electrons. The van der Waals surface area contributed by atoms with Gasteiger partial charge in [0, 0.05) is 13.1 Å². The molecule has 0 amide bonds. The van der Waals surface area contributed by atoms with Gasteiger partial charge in [0.1, 0.15) is 12.2 Å². The molecule has 4 atom stereocenters. The highest BCUT2D eigenvalue weighted by atomic mass is 16.4. The molecule has 6 heteroatoms. The summed E-state index contributed by atoms with van der Waals surface area (Å²) in [6, 6.07) is -0.624. The van der Waals surface area contributed by atoms with Crippen LogP contribution in [0.3, 0.4) is 0 Å². The van der Waals surface area contributed by atoms with Crippen molar-refractivity contribution >= 4 is 0 Å². The van der Waals surface area contributed by atoms with Gasteiger partial charge in [-0.2, -0.15) is 0 Å². The minimum absolute atomic E-state index is 0.119. The lowest BCUT2D eigenvalue weighted by Gasteiger charge is -2.42. The molecule has 1 heterocycles. The van der Waals surface area contributed by atoms with Gasteiger partial charge in [0.15, 0.2) is 0 Å². The first-order valence-corrected chi connectivity index (χ1v) is 4.61. The van der Waals surface area contributed by atoms with Crippen molar-refractivity contribution in [3.8, 4) is 0 Å². The van der Waals surface area contributed by atoms with E-state index in [0.717, 1.165) is 0 Å². The number of aliphatic hydroxyl groups is 5. The molecule has 0 aromatic heterocycles. The van der Waals surface area contributed by atoms with Gasteiger partial charge in [-0.05, 0) is 0 Å². The molecule has 0 saturated carbocycles. The van der Waals surface area contributed by atoms with Crippen molar-refractivity contribution in [1.29, 1.82) is 0 Å². The van der Waals surface area contributed by atoms with Crippen molar-refractivity contribution in [3.63, 3.8) is 0 Å². The molecule has 0 aromatic rings. The topological polar surface area (TPSA) is 104 Å². The van der Waals surface area contributed by atoms with E-state index in [4.69, 9.17) is 10.2 Å². The Morgan fingerprint density at radius 3 is 2.21 bits per heavy atom. The molecule has 1 rings (SSSR count). The van der Waals surface area contributed by atoms with E-state index in [9.17, 15) is 15.3 Å². The Balaban J connectivity index is 2.66. The highest BCUT2D eigenvalue weighted by Crippen LogP contribution is 2.18. The summed E-state index contributed by atoms with van der Waals surface area (Å²) in [5, 5.41) is 45.9. The zero-order valence-electron chi connectivity index (χ0n) is 7.82. The van der Waals surface area contributed by atoms with Crippen LogP contribution in [-0.2, 0) is 0 Å². The van der Waals surface area contributed by atoms with E-state index >= 15 is 0 Å². The van der Waals surface area contributed by atoms with Crippen LogP contribution in [0.1, 0.15) is 0 Å². The smallest absolute Gasteiger partial charge is 0.109 e. The Labute approximate surface area is 82.0 Å². The van der Waals surface area contributed by atoms with Gasteiger partial charge in [-0.25, -0.2) is 0 Å². The minimum Gasteiger partial charge on any atom is -0.395 e. The van der Waals surface area contributed by atoms with Crippen molar-refractivity contribution in [2.45, 2.75) is 24.4 Å². The van der Waals surface area contributed by atoms with Gasteiger partial charge in [-0.3, -0.25) is 4.90 Å². The number of β-amino-alcohol motifs (C(OH)–C–C–N with tert-alkyl or cyclic N) is 2. The number of likely N-dealkylation sites (tertiary alicyclic amines) is 1. The Morgan fingerprint density at radius 2 is 1.71 bits per heavy atom. The first kappa shape index (κ1) is 11.8. The molecular weight excluding hydrogens is 190 g/mol. The molecule has 6 nitrogen and oxygen atoms in total. The molecule has 0 spiro atoms.